The molecule has 182 valence electrons. The van der Waals surface area contributed by atoms with Gasteiger partial charge in [0.05, 0.1) is 0 Å². The van der Waals surface area contributed by atoms with Gasteiger partial charge in [-0.2, -0.15) is 0 Å². The summed E-state index contributed by atoms with van der Waals surface area (Å²) in [4.78, 5) is 14.1. The normalized spacial score (nSPS) is 13.8. The van der Waals surface area contributed by atoms with E-state index < -0.39 is 5.97 Å². The maximum Gasteiger partial charge on any atom is 0.335 e. The van der Waals surface area contributed by atoms with Gasteiger partial charge in [0.1, 0.15) is 5.75 Å². The fourth-order valence-corrected chi connectivity index (χ4v) is 4.64. The van der Waals surface area contributed by atoms with Crippen LogP contribution in [0.25, 0.3) is 17.7 Å². The molecule has 0 saturated heterocycles. The summed E-state index contributed by atoms with van der Waals surface area (Å²) < 4.78 is 5.55. The fourth-order valence-electron chi connectivity index (χ4n) is 4.64. The Morgan fingerprint density at radius 1 is 0.730 bits per heavy atom. The molecule has 0 aromatic heterocycles. The molecule has 0 aliphatic heterocycles. The number of esters is 1. The number of allylic oxidation sites excluding steroid dienone is 1. The zero-order valence-electron chi connectivity index (χ0n) is 20.7. The van der Waals surface area contributed by atoms with E-state index in [1.54, 1.807) is 0 Å². The minimum absolute atomic E-state index is 0.434. The maximum absolute atomic E-state index is 11.9. The smallest absolute Gasteiger partial charge is 0.335 e. The Hall–Kier alpha value is -4.63. The number of fused-ring (bicyclic) bond motifs is 1. The van der Waals surface area contributed by atoms with Crippen LogP contribution in [-0.4, -0.2) is 5.97 Å². The van der Waals surface area contributed by atoms with Crippen molar-refractivity contribution in [2.75, 3.05) is 4.90 Å². The van der Waals surface area contributed by atoms with Crippen molar-refractivity contribution in [1.29, 1.82) is 0 Å². The average molecular weight is 484 g/mol. The summed E-state index contributed by atoms with van der Waals surface area (Å²) in [5.74, 6) is 0.186. The Labute approximate surface area is 218 Å². The minimum atomic E-state index is -0.434. The first-order chi connectivity index (χ1) is 18.2. The standard InChI is InChI=1S/C34H29NO2/c1-2-34(36)37-33-18-10-16-31-28(13-9-17-32(31)33)25-35(29-14-7-4-8-15-29)30-23-21-27(22-24-30)20-19-26-11-5-3-6-12-26/h2-8,10-12,14-16,18-25H,1,9,13,17H2/b20-19?,28-25+. The lowest BCUT2D eigenvalue weighted by molar-refractivity contribution is -0.129. The molecule has 5 rings (SSSR count). The molecule has 0 heterocycles. The van der Waals surface area contributed by atoms with Crippen molar-refractivity contribution in [1.82, 2.24) is 0 Å². The first-order valence-corrected chi connectivity index (χ1v) is 12.6. The van der Waals surface area contributed by atoms with E-state index in [2.05, 4.69) is 96.6 Å². The minimum Gasteiger partial charge on any atom is -0.423 e. The first kappa shape index (κ1) is 24.1. The predicted octanol–water partition coefficient (Wildman–Crippen LogP) is 8.46. The van der Waals surface area contributed by atoms with Crippen molar-refractivity contribution in [3.05, 3.63) is 144 Å². The Bertz CT molecular complexity index is 1430. The van der Waals surface area contributed by atoms with Gasteiger partial charge < -0.3 is 9.64 Å². The molecule has 0 spiro atoms. The van der Waals surface area contributed by atoms with Crippen LogP contribution < -0.4 is 9.64 Å². The number of carbonyl (C=O) groups excluding carboxylic acids is 1. The first-order valence-electron chi connectivity index (χ1n) is 12.6. The van der Waals surface area contributed by atoms with Crippen LogP contribution in [0.3, 0.4) is 0 Å². The van der Waals surface area contributed by atoms with E-state index in [-0.39, 0.29) is 0 Å². The molecule has 0 unspecified atom stereocenters. The van der Waals surface area contributed by atoms with Gasteiger partial charge in [-0.05, 0) is 71.9 Å². The molecule has 37 heavy (non-hydrogen) atoms. The zero-order valence-corrected chi connectivity index (χ0v) is 20.7. The fraction of sp³-hybridized carbons (Fsp3) is 0.0882. The third-order valence-corrected chi connectivity index (χ3v) is 6.49. The van der Waals surface area contributed by atoms with Crippen LogP contribution in [0.4, 0.5) is 11.4 Å². The van der Waals surface area contributed by atoms with Crippen LogP contribution in [0.5, 0.6) is 5.75 Å². The van der Waals surface area contributed by atoms with E-state index in [0.29, 0.717) is 5.75 Å². The van der Waals surface area contributed by atoms with Crippen LogP contribution >= 0.6 is 0 Å². The number of benzene rings is 4. The lowest BCUT2D eigenvalue weighted by atomic mass is 9.87. The van der Waals surface area contributed by atoms with Crippen LogP contribution in [0.2, 0.25) is 0 Å². The SMILES string of the molecule is C=CC(=O)Oc1cccc2c1CCC/C2=C\N(c1ccccc1)c1ccc(C=Cc2ccccc2)cc1. The third kappa shape index (κ3) is 5.79. The Kier molecular flexibility index (Phi) is 7.42. The molecule has 4 aromatic carbocycles. The topological polar surface area (TPSA) is 29.5 Å². The summed E-state index contributed by atoms with van der Waals surface area (Å²) in [6, 6.07) is 35.2. The van der Waals surface area contributed by atoms with Gasteiger partial charge in [-0.1, -0.05) is 91.5 Å². The van der Waals surface area contributed by atoms with Gasteiger partial charge in [-0.25, -0.2) is 4.79 Å². The van der Waals surface area contributed by atoms with Crippen molar-refractivity contribution < 1.29 is 9.53 Å². The summed E-state index contributed by atoms with van der Waals surface area (Å²) in [6.07, 6.45) is 10.5. The molecule has 0 N–H and O–H groups in total. The maximum atomic E-state index is 11.9. The number of ether oxygens (including phenoxy) is 1. The number of para-hydroxylation sites is 1. The lowest BCUT2D eigenvalue weighted by Gasteiger charge is -2.26. The molecule has 0 amide bonds. The van der Waals surface area contributed by atoms with E-state index in [9.17, 15) is 4.79 Å². The molecule has 3 nitrogen and oxygen atoms in total. The Balaban J connectivity index is 1.49. The highest BCUT2D eigenvalue weighted by molar-refractivity contribution is 5.85. The van der Waals surface area contributed by atoms with E-state index in [4.69, 9.17) is 4.74 Å². The van der Waals surface area contributed by atoms with Crippen molar-refractivity contribution in [2.45, 2.75) is 19.3 Å². The van der Waals surface area contributed by atoms with Crippen LogP contribution in [-0.2, 0) is 11.2 Å². The van der Waals surface area contributed by atoms with Gasteiger partial charge in [0.2, 0.25) is 0 Å². The highest BCUT2D eigenvalue weighted by Gasteiger charge is 2.20. The van der Waals surface area contributed by atoms with Gasteiger partial charge in [-0.3, -0.25) is 0 Å². The monoisotopic (exact) mass is 483 g/mol. The molecule has 0 saturated carbocycles. The molecular formula is C34H29NO2. The van der Waals surface area contributed by atoms with Crippen molar-refractivity contribution in [3.63, 3.8) is 0 Å². The number of hydrogen-bond acceptors (Lipinski definition) is 3. The quantitative estimate of drug-likeness (QED) is 0.114. The van der Waals surface area contributed by atoms with Gasteiger partial charge in [0.25, 0.3) is 0 Å². The van der Waals surface area contributed by atoms with Crippen LogP contribution in [0.15, 0.2) is 122 Å². The molecule has 0 atom stereocenters. The van der Waals surface area contributed by atoms with Crippen LogP contribution in [0, 0.1) is 0 Å². The van der Waals surface area contributed by atoms with Gasteiger partial charge in [-0.15, -0.1) is 0 Å². The van der Waals surface area contributed by atoms with Gasteiger partial charge in [0, 0.05) is 29.2 Å². The summed E-state index contributed by atoms with van der Waals surface area (Å²) in [5, 5.41) is 0. The summed E-state index contributed by atoms with van der Waals surface area (Å²) >= 11 is 0. The van der Waals surface area contributed by atoms with Crippen LogP contribution in [0.1, 0.15) is 35.1 Å². The predicted molar refractivity (Wildman–Crippen MR) is 154 cm³/mol. The molecule has 1 aliphatic rings. The molecule has 0 fully saturated rings. The molecular weight excluding hydrogens is 454 g/mol. The van der Waals surface area contributed by atoms with E-state index >= 15 is 0 Å². The second-order valence-corrected chi connectivity index (χ2v) is 8.96. The van der Waals surface area contributed by atoms with Crippen molar-refractivity contribution in [2.24, 2.45) is 0 Å². The second-order valence-electron chi connectivity index (χ2n) is 8.96. The lowest BCUT2D eigenvalue weighted by Crippen LogP contribution is -2.13. The Morgan fingerprint density at radius 2 is 1.38 bits per heavy atom. The highest BCUT2D eigenvalue weighted by atomic mass is 16.5. The van der Waals surface area contributed by atoms with E-state index in [1.807, 2.05) is 36.4 Å². The number of nitrogens with zero attached hydrogens (tertiary/aromatic N) is 1. The molecule has 0 bridgehead atoms. The molecule has 4 aromatic rings. The average Bonchev–Trinajstić information content (AvgIpc) is 2.96. The third-order valence-electron chi connectivity index (χ3n) is 6.49. The highest BCUT2D eigenvalue weighted by Crippen LogP contribution is 2.38. The summed E-state index contributed by atoms with van der Waals surface area (Å²) in [7, 11) is 0. The number of anilines is 2. The summed E-state index contributed by atoms with van der Waals surface area (Å²) in [6.45, 7) is 3.53. The number of rotatable bonds is 7. The largest absolute Gasteiger partial charge is 0.423 e. The molecule has 0 radical (unpaired) electrons. The van der Waals surface area contributed by atoms with Crippen molar-refractivity contribution >= 4 is 35.1 Å². The van der Waals surface area contributed by atoms with E-state index in [0.717, 1.165) is 47.3 Å². The number of carbonyl (C=O) groups is 1. The molecule has 1 aliphatic carbocycles. The van der Waals surface area contributed by atoms with E-state index in [1.165, 1.54) is 17.2 Å². The van der Waals surface area contributed by atoms with Gasteiger partial charge in [0.15, 0.2) is 0 Å². The zero-order chi connectivity index (χ0) is 25.5. The summed E-state index contributed by atoms with van der Waals surface area (Å²) in [5.41, 5.74) is 7.91. The van der Waals surface area contributed by atoms with Crippen molar-refractivity contribution in [3.8, 4) is 5.75 Å². The van der Waals surface area contributed by atoms with Gasteiger partial charge >= 0.3 is 5.97 Å². The number of hydrogen-bond donors (Lipinski definition) is 0. The molecule has 3 heteroatoms. The Morgan fingerprint density at radius 3 is 2.08 bits per heavy atom. The second kappa shape index (κ2) is 11.4.